The van der Waals surface area contributed by atoms with Crippen LogP contribution in [0, 0.1) is 13.8 Å². The predicted octanol–water partition coefficient (Wildman–Crippen LogP) is 5.43. The molecule has 0 fully saturated rings. The van der Waals surface area contributed by atoms with E-state index in [9.17, 15) is 13.2 Å². The summed E-state index contributed by atoms with van der Waals surface area (Å²) in [5, 5.41) is 3.40. The molecule has 0 atom stereocenters. The Labute approximate surface area is 191 Å². The molecule has 1 amide bonds. The molecule has 0 saturated carbocycles. The van der Waals surface area contributed by atoms with E-state index in [0.717, 1.165) is 11.1 Å². The van der Waals surface area contributed by atoms with Crippen LogP contribution in [0.15, 0.2) is 65.6 Å². The second-order valence-electron chi connectivity index (χ2n) is 6.81. The number of aryl methyl sites for hydroxylation is 2. The molecule has 3 aromatic rings. The number of hydrogen-bond donors (Lipinski definition) is 2. The zero-order valence-corrected chi connectivity index (χ0v) is 19.1. The fourth-order valence-corrected chi connectivity index (χ4v) is 4.48. The van der Waals surface area contributed by atoms with Crippen molar-refractivity contribution in [3.8, 4) is 5.75 Å². The molecule has 6 nitrogen and oxygen atoms in total. The van der Waals surface area contributed by atoms with Gasteiger partial charge in [0, 0.05) is 10.7 Å². The number of nitrogens with one attached hydrogen (secondary N) is 2. The molecular formula is C22H20Cl2N2O4S. The van der Waals surface area contributed by atoms with E-state index in [2.05, 4.69) is 10.0 Å². The maximum Gasteiger partial charge on any atom is 0.262 e. The Morgan fingerprint density at radius 2 is 1.61 bits per heavy atom. The van der Waals surface area contributed by atoms with E-state index < -0.39 is 15.9 Å². The number of anilines is 2. The molecule has 0 spiro atoms. The lowest BCUT2D eigenvalue weighted by atomic mass is 10.1. The number of halogens is 2. The van der Waals surface area contributed by atoms with Gasteiger partial charge in [-0.25, -0.2) is 8.42 Å². The highest BCUT2D eigenvalue weighted by Crippen LogP contribution is 2.27. The zero-order valence-electron chi connectivity index (χ0n) is 16.8. The largest absolute Gasteiger partial charge is 0.482 e. The Kier molecular flexibility index (Phi) is 7.10. The average Bonchev–Trinajstić information content (AvgIpc) is 2.71. The van der Waals surface area contributed by atoms with Gasteiger partial charge in [0.15, 0.2) is 6.61 Å². The van der Waals surface area contributed by atoms with Crippen LogP contribution in [-0.4, -0.2) is 20.9 Å². The van der Waals surface area contributed by atoms with Crippen molar-refractivity contribution < 1.29 is 17.9 Å². The molecule has 3 aromatic carbocycles. The normalized spacial score (nSPS) is 11.1. The first kappa shape index (κ1) is 22.9. The van der Waals surface area contributed by atoms with Gasteiger partial charge in [0.2, 0.25) is 0 Å². The second-order valence-corrected chi connectivity index (χ2v) is 9.33. The summed E-state index contributed by atoms with van der Waals surface area (Å²) in [7, 11) is -3.77. The summed E-state index contributed by atoms with van der Waals surface area (Å²) in [5.74, 6) is -0.0875. The van der Waals surface area contributed by atoms with Crippen molar-refractivity contribution in [2.45, 2.75) is 18.7 Å². The van der Waals surface area contributed by atoms with Crippen molar-refractivity contribution in [1.82, 2.24) is 0 Å². The molecule has 3 rings (SSSR count). The van der Waals surface area contributed by atoms with E-state index in [4.69, 9.17) is 27.9 Å². The van der Waals surface area contributed by atoms with Gasteiger partial charge in [0.1, 0.15) is 5.75 Å². The highest BCUT2D eigenvalue weighted by molar-refractivity contribution is 7.92. The summed E-state index contributed by atoms with van der Waals surface area (Å²) >= 11 is 11.8. The predicted molar refractivity (Wildman–Crippen MR) is 124 cm³/mol. The Hall–Kier alpha value is -2.74. The Morgan fingerprint density at radius 3 is 2.23 bits per heavy atom. The molecule has 162 valence electrons. The maximum atomic E-state index is 12.7. The van der Waals surface area contributed by atoms with Crippen LogP contribution < -0.4 is 14.8 Å². The fraction of sp³-hybridized carbons (Fsp3) is 0.136. The first-order valence-electron chi connectivity index (χ1n) is 9.22. The molecule has 0 radical (unpaired) electrons. The van der Waals surface area contributed by atoms with Crippen molar-refractivity contribution in [1.29, 1.82) is 0 Å². The topological polar surface area (TPSA) is 84.5 Å². The summed E-state index contributed by atoms with van der Waals surface area (Å²) in [4.78, 5) is 12.2. The van der Waals surface area contributed by atoms with Crippen molar-refractivity contribution in [2.24, 2.45) is 0 Å². The number of benzene rings is 3. The van der Waals surface area contributed by atoms with Gasteiger partial charge in [-0.2, -0.15) is 0 Å². The minimum atomic E-state index is -3.77. The maximum absolute atomic E-state index is 12.7. The number of ether oxygens (including phenoxy) is 1. The summed E-state index contributed by atoms with van der Waals surface area (Å²) in [6, 6.07) is 16.1. The molecular weight excluding hydrogens is 459 g/mol. The number of hydrogen-bond acceptors (Lipinski definition) is 4. The molecule has 9 heteroatoms. The van der Waals surface area contributed by atoms with Crippen LogP contribution >= 0.6 is 23.2 Å². The van der Waals surface area contributed by atoms with Crippen LogP contribution in [0.2, 0.25) is 10.0 Å². The fourth-order valence-electron chi connectivity index (χ4n) is 2.82. The van der Waals surface area contributed by atoms with E-state index in [1.54, 1.807) is 12.1 Å². The highest BCUT2D eigenvalue weighted by Gasteiger charge is 2.17. The number of amides is 1. The van der Waals surface area contributed by atoms with Gasteiger partial charge in [0.25, 0.3) is 15.9 Å². The van der Waals surface area contributed by atoms with Gasteiger partial charge in [-0.05, 0) is 67.4 Å². The monoisotopic (exact) mass is 478 g/mol. The Balaban J connectivity index is 1.63. The summed E-state index contributed by atoms with van der Waals surface area (Å²) in [6.45, 7) is 3.40. The van der Waals surface area contributed by atoms with Crippen LogP contribution in [0.4, 0.5) is 11.4 Å². The highest BCUT2D eigenvalue weighted by atomic mass is 35.5. The van der Waals surface area contributed by atoms with E-state index in [-0.39, 0.29) is 11.5 Å². The van der Waals surface area contributed by atoms with Gasteiger partial charge in [0.05, 0.1) is 15.6 Å². The smallest absolute Gasteiger partial charge is 0.262 e. The van der Waals surface area contributed by atoms with Gasteiger partial charge in [-0.15, -0.1) is 0 Å². The molecule has 0 aromatic heterocycles. The third kappa shape index (κ3) is 5.91. The Morgan fingerprint density at radius 1 is 0.968 bits per heavy atom. The van der Waals surface area contributed by atoms with Gasteiger partial charge in [-0.3, -0.25) is 9.52 Å². The molecule has 0 bridgehead atoms. The van der Waals surface area contributed by atoms with E-state index in [0.29, 0.717) is 27.2 Å². The van der Waals surface area contributed by atoms with Crippen LogP contribution in [0.3, 0.4) is 0 Å². The SMILES string of the molecule is Cc1cccc(C)c1NS(=O)(=O)c1ccc(NC(=O)COc2ccc(Cl)cc2Cl)cc1. The summed E-state index contributed by atoms with van der Waals surface area (Å²) < 4.78 is 33.4. The van der Waals surface area contributed by atoms with Crippen molar-refractivity contribution >= 4 is 50.5 Å². The van der Waals surface area contributed by atoms with Crippen LogP contribution in [0.5, 0.6) is 5.75 Å². The number of sulfonamides is 1. The first-order valence-corrected chi connectivity index (χ1v) is 11.5. The first-order chi connectivity index (χ1) is 14.7. The van der Waals surface area contributed by atoms with Gasteiger partial charge < -0.3 is 10.1 Å². The quantitative estimate of drug-likeness (QED) is 0.474. The minimum absolute atomic E-state index is 0.0809. The third-order valence-corrected chi connectivity index (χ3v) is 6.31. The van der Waals surface area contributed by atoms with Crippen LogP contribution in [0.1, 0.15) is 11.1 Å². The number of carbonyl (C=O) groups is 1. The average molecular weight is 479 g/mol. The molecule has 0 aliphatic rings. The minimum Gasteiger partial charge on any atom is -0.482 e. The number of para-hydroxylation sites is 1. The van der Waals surface area contributed by atoms with Crippen molar-refractivity contribution in [3.05, 3.63) is 81.8 Å². The van der Waals surface area contributed by atoms with Gasteiger partial charge in [-0.1, -0.05) is 41.4 Å². The number of rotatable bonds is 7. The van der Waals surface area contributed by atoms with E-state index >= 15 is 0 Å². The van der Waals surface area contributed by atoms with Crippen molar-refractivity contribution in [2.75, 3.05) is 16.6 Å². The molecule has 0 saturated heterocycles. The van der Waals surface area contributed by atoms with E-state index in [1.165, 1.54) is 30.3 Å². The second kappa shape index (κ2) is 9.60. The standard InChI is InChI=1S/C22H20Cl2N2O4S/c1-14-4-3-5-15(2)22(14)26-31(28,29)18-9-7-17(8-10-18)25-21(27)13-30-20-11-6-16(23)12-19(20)24/h3-12,26H,13H2,1-2H3,(H,25,27). The van der Waals surface area contributed by atoms with E-state index in [1.807, 2.05) is 32.0 Å². The zero-order chi connectivity index (χ0) is 22.6. The van der Waals surface area contributed by atoms with Crippen LogP contribution in [-0.2, 0) is 14.8 Å². The number of carbonyl (C=O) groups excluding carboxylic acids is 1. The lowest BCUT2D eigenvalue weighted by molar-refractivity contribution is -0.118. The molecule has 2 N–H and O–H groups in total. The summed E-state index contributed by atoms with van der Waals surface area (Å²) in [6.07, 6.45) is 0. The summed E-state index contributed by atoms with van der Waals surface area (Å²) in [5.41, 5.74) is 2.64. The molecule has 0 heterocycles. The molecule has 0 unspecified atom stereocenters. The Bertz CT molecular complexity index is 1190. The molecule has 0 aliphatic heterocycles. The lowest BCUT2D eigenvalue weighted by Gasteiger charge is -2.13. The van der Waals surface area contributed by atoms with Gasteiger partial charge >= 0.3 is 0 Å². The van der Waals surface area contributed by atoms with Crippen LogP contribution in [0.25, 0.3) is 0 Å². The lowest BCUT2D eigenvalue weighted by Crippen LogP contribution is -2.20. The molecule has 0 aliphatic carbocycles. The molecule has 31 heavy (non-hydrogen) atoms. The van der Waals surface area contributed by atoms with Crippen molar-refractivity contribution in [3.63, 3.8) is 0 Å². The third-order valence-electron chi connectivity index (χ3n) is 4.42.